The molecule has 1 saturated heterocycles. The number of rotatable bonds is 4. The molecule has 1 fully saturated rings. The summed E-state index contributed by atoms with van der Waals surface area (Å²) in [5.74, 6) is -0.472. The number of carboxylic acid groups (broad SMARTS) is 1. The van der Waals surface area contributed by atoms with Gasteiger partial charge in [-0.25, -0.2) is 9.78 Å². The lowest BCUT2D eigenvalue weighted by atomic mass is 9.95. The molecule has 1 aromatic rings. The molecule has 1 aliphatic rings. The third kappa shape index (κ3) is 2.81. The molecule has 5 nitrogen and oxygen atoms in total. The molecule has 0 spiro atoms. The van der Waals surface area contributed by atoms with Crippen LogP contribution in [-0.4, -0.2) is 40.9 Å². The molecule has 0 saturated carbocycles. The van der Waals surface area contributed by atoms with E-state index in [1.165, 1.54) is 11.3 Å². The number of aliphatic hydroxyl groups excluding tert-OH is 1. The zero-order valence-corrected chi connectivity index (χ0v) is 11.2. The Morgan fingerprint density at radius 3 is 3.00 bits per heavy atom. The number of hydrogen-bond acceptors (Lipinski definition) is 5. The van der Waals surface area contributed by atoms with Crippen molar-refractivity contribution < 1.29 is 15.0 Å². The van der Waals surface area contributed by atoms with Gasteiger partial charge in [0.2, 0.25) is 0 Å². The van der Waals surface area contributed by atoms with Crippen LogP contribution in [0.25, 0.3) is 0 Å². The number of anilines is 1. The van der Waals surface area contributed by atoms with Crippen LogP contribution in [0.1, 0.15) is 34.6 Å². The maximum atomic E-state index is 11.0. The van der Waals surface area contributed by atoms with Crippen molar-refractivity contribution in [2.24, 2.45) is 5.92 Å². The van der Waals surface area contributed by atoms with E-state index < -0.39 is 5.97 Å². The van der Waals surface area contributed by atoms with E-state index in [2.05, 4.69) is 9.88 Å². The highest BCUT2D eigenvalue weighted by atomic mass is 32.1. The zero-order chi connectivity index (χ0) is 13.1. The Kier molecular flexibility index (Phi) is 4.19. The van der Waals surface area contributed by atoms with E-state index in [0.717, 1.165) is 42.4 Å². The van der Waals surface area contributed by atoms with Crippen molar-refractivity contribution in [2.75, 3.05) is 24.6 Å². The number of thiazole rings is 1. The highest BCUT2D eigenvalue weighted by Gasteiger charge is 2.23. The second kappa shape index (κ2) is 5.67. The van der Waals surface area contributed by atoms with Gasteiger partial charge in [-0.1, -0.05) is 0 Å². The number of nitrogens with zero attached hydrogens (tertiary/aromatic N) is 2. The van der Waals surface area contributed by atoms with E-state index in [9.17, 15) is 4.79 Å². The molecule has 100 valence electrons. The molecule has 2 heterocycles. The highest BCUT2D eigenvalue weighted by Crippen LogP contribution is 2.30. The predicted octanol–water partition coefficient (Wildman–Crippen LogP) is 1.75. The molecular formula is C12H18N2O3S. The van der Waals surface area contributed by atoms with Crippen LogP contribution in [0, 0.1) is 12.8 Å². The molecule has 0 bridgehead atoms. The largest absolute Gasteiger partial charge is 0.476 e. The molecule has 1 aliphatic heterocycles. The summed E-state index contributed by atoms with van der Waals surface area (Å²) < 4.78 is 0. The molecule has 0 amide bonds. The number of aliphatic hydroxyl groups is 1. The van der Waals surface area contributed by atoms with Gasteiger partial charge in [0.15, 0.2) is 10.8 Å². The van der Waals surface area contributed by atoms with Crippen LogP contribution < -0.4 is 4.90 Å². The van der Waals surface area contributed by atoms with Crippen LogP contribution in [0.4, 0.5) is 5.13 Å². The molecule has 6 heteroatoms. The zero-order valence-electron chi connectivity index (χ0n) is 10.4. The van der Waals surface area contributed by atoms with Crippen molar-refractivity contribution >= 4 is 22.4 Å². The Morgan fingerprint density at radius 2 is 2.39 bits per heavy atom. The summed E-state index contributed by atoms with van der Waals surface area (Å²) in [6.45, 7) is 3.80. The Hall–Kier alpha value is -1.14. The lowest BCUT2D eigenvalue weighted by Crippen LogP contribution is -2.35. The number of aromatic carboxylic acids is 1. The maximum absolute atomic E-state index is 11.0. The molecule has 18 heavy (non-hydrogen) atoms. The van der Waals surface area contributed by atoms with Crippen molar-refractivity contribution in [2.45, 2.75) is 26.2 Å². The topological polar surface area (TPSA) is 73.7 Å². The minimum atomic E-state index is -0.959. The van der Waals surface area contributed by atoms with Crippen molar-refractivity contribution in [3.8, 4) is 0 Å². The smallest absolute Gasteiger partial charge is 0.355 e. The summed E-state index contributed by atoms with van der Waals surface area (Å²) >= 11 is 1.44. The quantitative estimate of drug-likeness (QED) is 0.872. The van der Waals surface area contributed by atoms with Crippen LogP contribution >= 0.6 is 11.3 Å². The van der Waals surface area contributed by atoms with Crippen LogP contribution in [0.2, 0.25) is 0 Å². The van der Waals surface area contributed by atoms with E-state index in [1.807, 2.05) is 0 Å². The van der Waals surface area contributed by atoms with Gasteiger partial charge in [-0.2, -0.15) is 0 Å². The van der Waals surface area contributed by atoms with Crippen LogP contribution in [0.15, 0.2) is 0 Å². The molecule has 2 rings (SSSR count). The second-order valence-electron chi connectivity index (χ2n) is 4.67. The average molecular weight is 270 g/mol. The van der Waals surface area contributed by atoms with Crippen molar-refractivity contribution in [3.63, 3.8) is 0 Å². The van der Waals surface area contributed by atoms with Gasteiger partial charge in [-0.3, -0.25) is 0 Å². The van der Waals surface area contributed by atoms with E-state index in [-0.39, 0.29) is 12.3 Å². The van der Waals surface area contributed by atoms with E-state index in [1.54, 1.807) is 6.92 Å². The van der Waals surface area contributed by atoms with Crippen LogP contribution in [0.5, 0.6) is 0 Å². The second-order valence-corrected chi connectivity index (χ2v) is 5.85. The van der Waals surface area contributed by atoms with Crippen molar-refractivity contribution in [1.29, 1.82) is 0 Å². The van der Waals surface area contributed by atoms with Gasteiger partial charge in [-0.05, 0) is 32.1 Å². The number of hydrogen-bond donors (Lipinski definition) is 2. The summed E-state index contributed by atoms with van der Waals surface area (Å²) in [6, 6.07) is 0. The Labute approximate surface area is 110 Å². The summed E-state index contributed by atoms with van der Waals surface area (Å²) in [5, 5.41) is 18.8. The summed E-state index contributed by atoms with van der Waals surface area (Å²) in [7, 11) is 0. The Bertz CT molecular complexity index is 431. The molecule has 0 aliphatic carbocycles. The van der Waals surface area contributed by atoms with Crippen molar-refractivity contribution in [3.05, 3.63) is 10.6 Å². The maximum Gasteiger partial charge on any atom is 0.355 e. The SMILES string of the molecule is Cc1sc(N2CCCC(CCO)C2)nc1C(=O)O. The van der Waals surface area contributed by atoms with Gasteiger partial charge in [0, 0.05) is 24.6 Å². The third-order valence-electron chi connectivity index (χ3n) is 3.31. The number of carbonyl (C=O) groups is 1. The summed E-state index contributed by atoms with van der Waals surface area (Å²) in [6.07, 6.45) is 3.02. The van der Waals surface area contributed by atoms with Gasteiger partial charge in [-0.15, -0.1) is 11.3 Å². The molecule has 1 atom stereocenters. The minimum Gasteiger partial charge on any atom is -0.476 e. The van der Waals surface area contributed by atoms with Crippen LogP contribution in [-0.2, 0) is 0 Å². The van der Waals surface area contributed by atoms with Gasteiger partial charge in [0.25, 0.3) is 0 Å². The Balaban J connectivity index is 2.11. The summed E-state index contributed by atoms with van der Waals surface area (Å²) in [4.78, 5) is 18.1. The molecule has 1 unspecified atom stereocenters. The number of aryl methyl sites for hydroxylation is 1. The standard InChI is InChI=1S/C12H18N2O3S/c1-8-10(11(16)17)13-12(18-8)14-5-2-3-9(7-14)4-6-15/h9,15H,2-7H2,1H3,(H,16,17). The first-order valence-corrected chi connectivity index (χ1v) is 7.00. The molecule has 0 radical (unpaired) electrons. The van der Waals surface area contributed by atoms with Crippen molar-refractivity contribution in [1.82, 2.24) is 4.98 Å². The van der Waals surface area contributed by atoms with Gasteiger partial charge in [0.1, 0.15) is 0 Å². The van der Waals surface area contributed by atoms with E-state index in [0.29, 0.717) is 5.92 Å². The summed E-state index contributed by atoms with van der Waals surface area (Å²) in [5.41, 5.74) is 0.166. The number of piperidine rings is 1. The van der Waals surface area contributed by atoms with E-state index >= 15 is 0 Å². The fourth-order valence-electron chi connectivity index (χ4n) is 2.37. The highest BCUT2D eigenvalue weighted by molar-refractivity contribution is 7.15. The fourth-order valence-corrected chi connectivity index (χ4v) is 3.31. The lowest BCUT2D eigenvalue weighted by Gasteiger charge is -2.32. The lowest BCUT2D eigenvalue weighted by molar-refractivity contribution is 0.0690. The van der Waals surface area contributed by atoms with Crippen LogP contribution in [0.3, 0.4) is 0 Å². The monoisotopic (exact) mass is 270 g/mol. The normalized spacial score (nSPS) is 20.1. The first-order valence-electron chi connectivity index (χ1n) is 6.18. The predicted molar refractivity (Wildman–Crippen MR) is 70.5 cm³/mol. The fraction of sp³-hybridized carbons (Fsp3) is 0.667. The first kappa shape index (κ1) is 13.3. The number of carboxylic acids is 1. The first-order chi connectivity index (χ1) is 8.61. The van der Waals surface area contributed by atoms with Gasteiger partial charge in [0.05, 0.1) is 0 Å². The Morgan fingerprint density at radius 1 is 1.61 bits per heavy atom. The van der Waals surface area contributed by atoms with Gasteiger partial charge >= 0.3 is 5.97 Å². The average Bonchev–Trinajstić information content (AvgIpc) is 2.72. The molecular weight excluding hydrogens is 252 g/mol. The van der Waals surface area contributed by atoms with E-state index in [4.69, 9.17) is 10.2 Å². The molecule has 0 aromatic carbocycles. The molecule has 2 N–H and O–H groups in total. The van der Waals surface area contributed by atoms with Gasteiger partial charge < -0.3 is 15.1 Å². The third-order valence-corrected chi connectivity index (χ3v) is 4.35. The minimum absolute atomic E-state index is 0.166. The number of aromatic nitrogens is 1. The molecule has 1 aromatic heterocycles.